The van der Waals surface area contributed by atoms with Gasteiger partial charge in [-0.05, 0) is 89.1 Å². The van der Waals surface area contributed by atoms with Crippen molar-refractivity contribution in [2.24, 2.45) is 4.99 Å². The minimum atomic E-state index is -3.94. The molecule has 8 nitrogen and oxygen atoms in total. The fourth-order valence-electron chi connectivity index (χ4n) is 4.05. The molecule has 4 aromatic carbocycles. The number of amidine groups is 1. The Balaban J connectivity index is 0.00000387. The van der Waals surface area contributed by atoms with Gasteiger partial charge in [0, 0.05) is 5.69 Å². The van der Waals surface area contributed by atoms with Gasteiger partial charge in [-0.2, -0.15) is 4.99 Å². The average molecular weight is 596 g/mol. The number of fused-ring (bicyclic) bond motifs is 1. The van der Waals surface area contributed by atoms with Crippen LogP contribution < -0.4 is 14.8 Å². The van der Waals surface area contributed by atoms with Crippen molar-refractivity contribution in [3.63, 3.8) is 0 Å². The van der Waals surface area contributed by atoms with Crippen molar-refractivity contribution in [3.05, 3.63) is 107 Å². The molecule has 1 aliphatic rings. The van der Waals surface area contributed by atoms with Crippen LogP contribution >= 0.6 is 11.8 Å². The van der Waals surface area contributed by atoms with Gasteiger partial charge in [-0.25, -0.2) is 13.1 Å². The standard InChI is InChI=1S/C30H25N3O5S2.Na.H/c1-19-3-13-26(14-4-19)40(36,37)33-28(34)17-20-6-10-24(11-7-20)31-30-32-29(35)27(39-30)16-21-5-8-23-18-25(38-2)12-9-22(23)15-21;;/h3-16,18H,17H2,1-2H3,(H,33,34)(H,31,32,35);;. The van der Waals surface area contributed by atoms with E-state index in [2.05, 4.69) is 15.0 Å². The monoisotopic (exact) mass is 595 g/mol. The molecular weight excluding hydrogens is 569 g/mol. The zero-order valence-corrected chi connectivity index (χ0v) is 23.3. The van der Waals surface area contributed by atoms with Crippen LogP contribution in [0.25, 0.3) is 16.8 Å². The van der Waals surface area contributed by atoms with Crippen molar-refractivity contribution in [1.82, 2.24) is 4.72 Å². The maximum absolute atomic E-state index is 12.5. The van der Waals surface area contributed by atoms with Crippen LogP contribution in [0.1, 0.15) is 16.7 Å². The number of amides is 2. The Labute approximate surface area is 264 Å². The van der Waals surface area contributed by atoms with Crippen LogP contribution in [0.3, 0.4) is 0 Å². The number of rotatable bonds is 7. The first-order chi connectivity index (χ1) is 19.2. The molecule has 0 spiro atoms. The second-order valence-corrected chi connectivity index (χ2v) is 11.9. The van der Waals surface area contributed by atoms with Gasteiger partial charge >= 0.3 is 29.6 Å². The Hall–Kier alpha value is -3.41. The van der Waals surface area contributed by atoms with Crippen LogP contribution in [0.2, 0.25) is 0 Å². The number of hydrogen-bond acceptors (Lipinski definition) is 7. The second kappa shape index (κ2) is 13.1. The van der Waals surface area contributed by atoms with Crippen molar-refractivity contribution in [3.8, 4) is 5.75 Å². The molecule has 0 saturated carbocycles. The molecule has 1 aliphatic heterocycles. The van der Waals surface area contributed by atoms with E-state index in [0.29, 0.717) is 21.3 Å². The summed E-state index contributed by atoms with van der Waals surface area (Å²) in [6.07, 6.45) is 1.70. The number of thioether (sulfide) groups is 1. The quantitative estimate of drug-likeness (QED) is 0.236. The molecule has 0 fully saturated rings. The molecule has 0 aromatic heterocycles. The molecule has 5 rings (SSSR count). The van der Waals surface area contributed by atoms with Crippen LogP contribution in [0.4, 0.5) is 5.69 Å². The number of aliphatic imine (C=N–C) groups is 1. The third kappa shape index (κ3) is 7.66. The van der Waals surface area contributed by atoms with Crippen LogP contribution in [0.5, 0.6) is 5.75 Å². The van der Waals surface area contributed by atoms with Gasteiger partial charge in [0.2, 0.25) is 5.91 Å². The Bertz CT molecular complexity index is 1790. The summed E-state index contributed by atoms with van der Waals surface area (Å²) in [5, 5.41) is 5.63. The molecule has 4 aromatic rings. The van der Waals surface area contributed by atoms with E-state index in [0.717, 1.165) is 27.6 Å². The molecule has 0 unspecified atom stereocenters. The van der Waals surface area contributed by atoms with E-state index in [1.54, 1.807) is 49.6 Å². The first-order valence-electron chi connectivity index (χ1n) is 12.3. The van der Waals surface area contributed by atoms with E-state index < -0.39 is 15.9 Å². The molecule has 0 aliphatic carbocycles. The van der Waals surface area contributed by atoms with Crippen molar-refractivity contribution in [2.45, 2.75) is 18.2 Å². The number of nitrogens with zero attached hydrogens (tertiary/aromatic N) is 1. The molecule has 0 atom stereocenters. The van der Waals surface area contributed by atoms with Crippen LogP contribution in [0.15, 0.2) is 99.7 Å². The fraction of sp³-hybridized carbons (Fsp3) is 0.100. The van der Waals surface area contributed by atoms with Gasteiger partial charge in [0.25, 0.3) is 15.9 Å². The molecule has 2 N–H and O–H groups in total. The van der Waals surface area contributed by atoms with Gasteiger partial charge in [-0.3, -0.25) is 9.59 Å². The summed E-state index contributed by atoms with van der Waals surface area (Å²) >= 11 is 1.24. The number of benzene rings is 4. The third-order valence-electron chi connectivity index (χ3n) is 6.14. The molecule has 41 heavy (non-hydrogen) atoms. The summed E-state index contributed by atoms with van der Waals surface area (Å²) in [6, 6.07) is 24.9. The van der Waals surface area contributed by atoms with Crippen molar-refractivity contribution < 1.29 is 22.7 Å². The normalized spacial score (nSPS) is 14.0. The van der Waals surface area contributed by atoms with E-state index in [1.807, 2.05) is 43.3 Å². The third-order valence-corrected chi connectivity index (χ3v) is 8.43. The van der Waals surface area contributed by atoms with Gasteiger partial charge < -0.3 is 10.1 Å². The number of sulfonamides is 1. The summed E-state index contributed by atoms with van der Waals surface area (Å²) in [5.41, 5.74) is 3.12. The molecule has 0 saturated heterocycles. The molecule has 204 valence electrons. The van der Waals surface area contributed by atoms with Crippen molar-refractivity contribution in [1.29, 1.82) is 0 Å². The Morgan fingerprint density at radius 2 is 1.63 bits per heavy atom. The second-order valence-electron chi connectivity index (χ2n) is 9.15. The Kier molecular flexibility index (Phi) is 9.72. The molecule has 0 radical (unpaired) electrons. The van der Waals surface area contributed by atoms with Crippen molar-refractivity contribution in [2.75, 3.05) is 12.4 Å². The van der Waals surface area contributed by atoms with E-state index >= 15 is 0 Å². The summed E-state index contributed by atoms with van der Waals surface area (Å²) in [6.45, 7) is 1.85. The van der Waals surface area contributed by atoms with E-state index in [-0.39, 0.29) is 46.8 Å². The zero-order valence-electron chi connectivity index (χ0n) is 21.7. The summed E-state index contributed by atoms with van der Waals surface area (Å²) < 4.78 is 32.3. The minimum absolute atomic E-state index is 0. The van der Waals surface area contributed by atoms with Gasteiger partial charge in [-0.1, -0.05) is 48.0 Å². The van der Waals surface area contributed by atoms with Crippen molar-refractivity contribution >= 4 is 90.9 Å². The fourth-order valence-corrected chi connectivity index (χ4v) is 5.87. The molecular formula is C30H26N3NaO5S2. The molecule has 0 bridgehead atoms. The number of carbonyl (C=O) groups is 2. The van der Waals surface area contributed by atoms with Gasteiger partial charge in [0.05, 0.1) is 23.3 Å². The number of carbonyl (C=O) groups excluding carboxylic acids is 2. The predicted molar refractivity (Wildman–Crippen MR) is 166 cm³/mol. The summed E-state index contributed by atoms with van der Waals surface area (Å²) in [5.74, 6) is -0.178. The maximum atomic E-state index is 12.5. The molecule has 1 heterocycles. The van der Waals surface area contributed by atoms with Crippen LogP contribution in [0, 0.1) is 6.92 Å². The first kappa shape index (κ1) is 30.5. The Morgan fingerprint density at radius 1 is 0.951 bits per heavy atom. The summed E-state index contributed by atoms with van der Waals surface area (Å²) in [4.78, 5) is 29.5. The van der Waals surface area contributed by atoms with Gasteiger partial charge in [0.1, 0.15) is 5.75 Å². The topological polar surface area (TPSA) is 114 Å². The number of ether oxygens (including phenoxy) is 1. The molecule has 2 amide bonds. The number of methoxy groups -OCH3 is 1. The first-order valence-corrected chi connectivity index (χ1v) is 14.6. The van der Waals surface area contributed by atoms with E-state index in [4.69, 9.17) is 4.74 Å². The van der Waals surface area contributed by atoms with Gasteiger partial charge in [-0.15, -0.1) is 0 Å². The number of aryl methyl sites for hydroxylation is 1. The number of nitrogens with one attached hydrogen (secondary N) is 2. The molecule has 11 heteroatoms. The van der Waals surface area contributed by atoms with E-state index in [1.165, 1.54) is 23.9 Å². The van der Waals surface area contributed by atoms with E-state index in [9.17, 15) is 18.0 Å². The van der Waals surface area contributed by atoms with Gasteiger partial charge in [0.15, 0.2) is 5.17 Å². The Morgan fingerprint density at radius 3 is 2.34 bits per heavy atom. The zero-order chi connectivity index (χ0) is 28.3. The summed E-state index contributed by atoms with van der Waals surface area (Å²) in [7, 11) is -2.31. The number of anilines is 1. The predicted octanol–water partition coefficient (Wildman–Crippen LogP) is 4.64. The average Bonchev–Trinajstić information content (AvgIpc) is 3.27. The van der Waals surface area contributed by atoms with Crippen LogP contribution in [-0.4, -0.2) is 62.1 Å². The van der Waals surface area contributed by atoms with Crippen LogP contribution in [-0.2, 0) is 26.0 Å². The number of hydrogen-bond donors (Lipinski definition) is 2. The SMILES string of the molecule is COc1ccc2cc(C=C3SC(Nc4ccc(CC(=O)NS(=O)(=O)c5ccc(C)cc5)cc4)=NC3=O)ccc2c1.[NaH].